The quantitative estimate of drug-likeness (QED) is 0.505. The number of pyridine rings is 1. The van der Waals surface area contributed by atoms with E-state index in [-0.39, 0.29) is 29.4 Å². The predicted molar refractivity (Wildman–Crippen MR) is 111 cm³/mol. The van der Waals surface area contributed by atoms with Crippen molar-refractivity contribution in [2.45, 2.75) is 32.7 Å². The first-order valence-electron chi connectivity index (χ1n) is 9.81. The molecular weight excluding hydrogens is 399 g/mol. The van der Waals surface area contributed by atoms with Crippen LogP contribution in [0.2, 0.25) is 0 Å². The molecule has 8 nitrogen and oxygen atoms in total. The first-order chi connectivity index (χ1) is 14.9. The number of carbonyl (C=O) groups excluding carboxylic acids is 1. The van der Waals surface area contributed by atoms with Gasteiger partial charge in [-0.15, -0.1) is 0 Å². The van der Waals surface area contributed by atoms with E-state index in [0.717, 1.165) is 5.56 Å². The summed E-state index contributed by atoms with van der Waals surface area (Å²) in [6.45, 7) is 5.80. The van der Waals surface area contributed by atoms with Gasteiger partial charge < -0.3 is 9.84 Å². The number of nitrogens with zero attached hydrogens (tertiary/aromatic N) is 5. The van der Waals surface area contributed by atoms with Crippen LogP contribution in [0.25, 0.3) is 17.3 Å². The predicted octanol–water partition coefficient (Wildman–Crippen LogP) is 4.07. The summed E-state index contributed by atoms with van der Waals surface area (Å²) in [6.07, 6.45) is 4.74. The lowest BCUT2D eigenvalue weighted by molar-refractivity contribution is 0.0935. The van der Waals surface area contributed by atoms with Crippen LogP contribution >= 0.6 is 0 Å². The Morgan fingerprint density at radius 3 is 2.52 bits per heavy atom. The van der Waals surface area contributed by atoms with Gasteiger partial charge in [-0.25, -0.2) is 14.4 Å². The highest BCUT2D eigenvalue weighted by Crippen LogP contribution is 2.20. The van der Waals surface area contributed by atoms with Crippen LogP contribution in [0, 0.1) is 5.82 Å². The zero-order chi connectivity index (χ0) is 22.0. The van der Waals surface area contributed by atoms with Gasteiger partial charge in [0.05, 0.1) is 11.6 Å². The topological polar surface area (TPSA) is 98.7 Å². The number of benzene rings is 1. The van der Waals surface area contributed by atoms with E-state index in [1.807, 2.05) is 26.8 Å². The summed E-state index contributed by atoms with van der Waals surface area (Å²) >= 11 is 0. The van der Waals surface area contributed by atoms with Crippen molar-refractivity contribution in [3.05, 3.63) is 78.0 Å². The summed E-state index contributed by atoms with van der Waals surface area (Å²) in [5.74, 6) is 1.15. The minimum absolute atomic E-state index is 0.172. The number of hydrogen-bond donors (Lipinski definition) is 1. The summed E-state index contributed by atoms with van der Waals surface area (Å²) in [5.41, 5.74) is 1.75. The van der Waals surface area contributed by atoms with Gasteiger partial charge in [0.15, 0.2) is 5.82 Å². The zero-order valence-electron chi connectivity index (χ0n) is 17.3. The molecule has 1 N–H and O–H groups in total. The van der Waals surface area contributed by atoms with E-state index in [4.69, 9.17) is 4.52 Å². The summed E-state index contributed by atoms with van der Waals surface area (Å²) in [5, 5.41) is 6.81. The second kappa shape index (κ2) is 8.47. The third-order valence-corrected chi connectivity index (χ3v) is 4.75. The van der Waals surface area contributed by atoms with E-state index in [1.54, 1.807) is 35.2 Å². The maximum Gasteiger partial charge on any atom is 0.271 e. The first-order valence-corrected chi connectivity index (χ1v) is 9.81. The molecule has 3 heterocycles. The van der Waals surface area contributed by atoms with Crippen molar-refractivity contribution in [2.24, 2.45) is 0 Å². The van der Waals surface area contributed by atoms with Crippen LogP contribution in [-0.2, 0) is 0 Å². The molecule has 0 aliphatic rings. The van der Waals surface area contributed by atoms with Crippen LogP contribution in [0.15, 0.2) is 59.6 Å². The number of rotatable bonds is 6. The molecule has 0 spiro atoms. The molecular formula is C22H21FN6O2. The Kier molecular flexibility index (Phi) is 5.57. The van der Waals surface area contributed by atoms with Gasteiger partial charge in [0.2, 0.25) is 0 Å². The third-order valence-electron chi connectivity index (χ3n) is 4.75. The summed E-state index contributed by atoms with van der Waals surface area (Å²) in [4.78, 5) is 25.4. The number of hydrogen-bond acceptors (Lipinski definition) is 6. The van der Waals surface area contributed by atoms with E-state index < -0.39 is 0 Å². The second-order valence-electron chi connectivity index (χ2n) is 7.43. The Balaban J connectivity index is 1.45. The molecule has 0 saturated carbocycles. The highest BCUT2D eigenvalue weighted by Gasteiger charge is 2.15. The molecule has 1 atom stereocenters. The molecule has 0 fully saturated rings. The van der Waals surface area contributed by atoms with Crippen LogP contribution in [-0.4, -0.2) is 30.6 Å². The van der Waals surface area contributed by atoms with Crippen LogP contribution in [0.3, 0.4) is 0 Å². The van der Waals surface area contributed by atoms with Gasteiger partial charge in [0, 0.05) is 18.3 Å². The van der Waals surface area contributed by atoms with Gasteiger partial charge in [-0.3, -0.25) is 9.36 Å². The fourth-order valence-electron chi connectivity index (χ4n) is 2.92. The second-order valence-corrected chi connectivity index (χ2v) is 7.43. The van der Waals surface area contributed by atoms with Crippen molar-refractivity contribution in [3.63, 3.8) is 0 Å². The minimum atomic E-state index is -0.334. The lowest BCUT2D eigenvalue weighted by atomic mass is 10.1. The Bertz CT molecular complexity index is 1180. The number of imidazole rings is 1. The van der Waals surface area contributed by atoms with E-state index >= 15 is 0 Å². The third kappa shape index (κ3) is 4.50. The van der Waals surface area contributed by atoms with Crippen molar-refractivity contribution >= 4 is 5.91 Å². The average molecular weight is 420 g/mol. The van der Waals surface area contributed by atoms with Crippen molar-refractivity contribution in [3.8, 4) is 17.3 Å². The fourth-order valence-corrected chi connectivity index (χ4v) is 2.92. The molecule has 31 heavy (non-hydrogen) atoms. The molecule has 0 bridgehead atoms. The van der Waals surface area contributed by atoms with Gasteiger partial charge in [-0.2, -0.15) is 4.98 Å². The van der Waals surface area contributed by atoms with Gasteiger partial charge in [0.1, 0.15) is 23.7 Å². The molecule has 0 radical (unpaired) electrons. The molecule has 4 aromatic rings. The Morgan fingerprint density at radius 2 is 1.87 bits per heavy atom. The number of amides is 1. The van der Waals surface area contributed by atoms with Crippen molar-refractivity contribution < 1.29 is 13.7 Å². The summed E-state index contributed by atoms with van der Waals surface area (Å²) < 4.78 is 20.0. The SMILES string of the molecule is CC(C)c1noc(-c2ccc(-n3cnc(C(=O)N[C@H](C)c4ccc(F)cc4)c3)nc2)n1. The maximum atomic E-state index is 13.1. The standard InChI is InChI=1S/C22H21FN6O2/c1-13(2)20-27-22(31-28-20)16-6-9-19(24-10-16)29-11-18(25-12-29)21(30)26-14(3)15-4-7-17(23)8-5-15/h4-14H,1-3H3,(H,26,30)/t14-/m1/s1. The first kappa shape index (κ1) is 20.4. The largest absolute Gasteiger partial charge is 0.344 e. The van der Waals surface area contributed by atoms with E-state index in [1.165, 1.54) is 18.5 Å². The Morgan fingerprint density at radius 1 is 1.10 bits per heavy atom. The van der Waals surface area contributed by atoms with Crippen molar-refractivity contribution in [2.75, 3.05) is 0 Å². The minimum Gasteiger partial charge on any atom is -0.344 e. The van der Waals surface area contributed by atoms with Gasteiger partial charge >= 0.3 is 0 Å². The highest BCUT2D eigenvalue weighted by atomic mass is 19.1. The molecule has 1 amide bonds. The molecule has 3 aromatic heterocycles. The molecule has 0 aliphatic heterocycles. The smallest absolute Gasteiger partial charge is 0.271 e. The summed E-state index contributed by atoms with van der Waals surface area (Å²) in [7, 11) is 0. The number of halogens is 1. The van der Waals surface area contributed by atoms with Gasteiger partial charge in [-0.05, 0) is 36.8 Å². The van der Waals surface area contributed by atoms with Crippen molar-refractivity contribution in [1.29, 1.82) is 0 Å². The lowest BCUT2D eigenvalue weighted by Gasteiger charge is -2.13. The number of nitrogens with one attached hydrogen (secondary N) is 1. The van der Waals surface area contributed by atoms with E-state index in [9.17, 15) is 9.18 Å². The van der Waals surface area contributed by atoms with Crippen molar-refractivity contribution in [1.82, 2.24) is 30.0 Å². The molecule has 9 heteroatoms. The maximum absolute atomic E-state index is 13.1. The van der Waals surface area contributed by atoms with E-state index in [2.05, 4.69) is 25.4 Å². The van der Waals surface area contributed by atoms with E-state index in [0.29, 0.717) is 23.1 Å². The monoisotopic (exact) mass is 420 g/mol. The van der Waals surface area contributed by atoms with Gasteiger partial charge in [-0.1, -0.05) is 31.1 Å². The fraction of sp³-hybridized carbons (Fsp3) is 0.227. The zero-order valence-corrected chi connectivity index (χ0v) is 17.3. The molecule has 0 unspecified atom stereocenters. The number of aromatic nitrogens is 5. The van der Waals surface area contributed by atoms with Crippen LogP contribution in [0.4, 0.5) is 4.39 Å². The number of carbonyl (C=O) groups is 1. The molecule has 0 aliphatic carbocycles. The van der Waals surface area contributed by atoms with Crippen LogP contribution in [0.1, 0.15) is 54.6 Å². The normalized spacial score (nSPS) is 12.2. The lowest BCUT2D eigenvalue weighted by Crippen LogP contribution is -2.26. The van der Waals surface area contributed by atoms with Crippen LogP contribution in [0.5, 0.6) is 0 Å². The van der Waals surface area contributed by atoms with Crippen LogP contribution < -0.4 is 5.32 Å². The highest BCUT2D eigenvalue weighted by molar-refractivity contribution is 5.92. The molecule has 1 aromatic carbocycles. The Hall–Kier alpha value is -3.88. The molecule has 158 valence electrons. The summed E-state index contributed by atoms with van der Waals surface area (Å²) in [6, 6.07) is 9.30. The molecule has 0 saturated heterocycles. The average Bonchev–Trinajstić information content (AvgIpc) is 3.45. The molecule has 4 rings (SSSR count). The van der Waals surface area contributed by atoms with Gasteiger partial charge in [0.25, 0.3) is 11.8 Å². The Labute approximate surface area is 178 Å².